The summed E-state index contributed by atoms with van der Waals surface area (Å²) in [5, 5.41) is 2.61. The van der Waals surface area contributed by atoms with E-state index in [1.54, 1.807) is 12.1 Å². The van der Waals surface area contributed by atoms with Crippen LogP contribution < -0.4 is 10.0 Å². The summed E-state index contributed by atoms with van der Waals surface area (Å²) in [5.41, 5.74) is 2.76. The lowest BCUT2D eigenvalue weighted by atomic mass is 10.0. The smallest absolute Gasteiger partial charge is 0.240 e. The van der Waals surface area contributed by atoms with Crippen LogP contribution in [0.25, 0.3) is 0 Å². The van der Waals surface area contributed by atoms with Crippen molar-refractivity contribution < 1.29 is 13.2 Å². The van der Waals surface area contributed by atoms with Crippen molar-refractivity contribution in [3.8, 4) is 0 Å². The molecule has 1 amide bonds. The quantitative estimate of drug-likeness (QED) is 0.779. The molecule has 0 radical (unpaired) electrons. The van der Waals surface area contributed by atoms with Gasteiger partial charge in [0.15, 0.2) is 0 Å². The first-order chi connectivity index (χ1) is 12.2. The second-order valence-corrected chi connectivity index (χ2v) is 8.21. The number of hydrogen-bond donors (Lipinski definition) is 2. The molecule has 0 spiro atoms. The minimum absolute atomic E-state index is 0.0796. The van der Waals surface area contributed by atoms with Gasteiger partial charge in [-0.3, -0.25) is 4.79 Å². The fourth-order valence-corrected chi connectivity index (χ4v) is 3.62. The minimum Gasteiger partial charge on any atom is -0.326 e. The standard InChI is InChI=1S/C19H25N3O3S/c1-14-5-7-16(8-6-14)19(22(3)4)13-20-26(24,25)18-11-9-17(10-12-18)21-15(2)23/h5-12,19-20H,13H2,1-4H3,(H,21,23)/t19-/m1/s1. The van der Waals surface area contributed by atoms with E-state index in [0.29, 0.717) is 5.69 Å². The highest BCUT2D eigenvalue weighted by Crippen LogP contribution is 2.20. The van der Waals surface area contributed by atoms with Gasteiger partial charge in [-0.1, -0.05) is 29.8 Å². The summed E-state index contributed by atoms with van der Waals surface area (Å²) in [5.74, 6) is -0.203. The summed E-state index contributed by atoms with van der Waals surface area (Å²) >= 11 is 0. The van der Waals surface area contributed by atoms with Gasteiger partial charge in [-0.25, -0.2) is 13.1 Å². The third kappa shape index (κ3) is 5.39. The molecule has 0 aliphatic carbocycles. The molecule has 0 fully saturated rings. The molecule has 2 aromatic rings. The van der Waals surface area contributed by atoms with Crippen molar-refractivity contribution in [3.63, 3.8) is 0 Å². The van der Waals surface area contributed by atoms with E-state index in [-0.39, 0.29) is 23.4 Å². The fraction of sp³-hybridized carbons (Fsp3) is 0.316. The molecule has 0 bridgehead atoms. The van der Waals surface area contributed by atoms with Crippen LogP contribution >= 0.6 is 0 Å². The zero-order chi connectivity index (χ0) is 19.3. The van der Waals surface area contributed by atoms with E-state index < -0.39 is 10.0 Å². The minimum atomic E-state index is -3.64. The first kappa shape index (κ1) is 20.1. The van der Waals surface area contributed by atoms with Crippen LogP contribution in [0.2, 0.25) is 0 Å². The van der Waals surface area contributed by atoms with Crippen LogP contribution in [-0.2, 0) is 14.8 Å². The molecule has 6 nitrogen and oxygen atoms in total. The normalized spacial score (nSPS) is 12.8. The average molecular weight is 375 g/mol. The highest BCUT2D eigenvalue weighted by molar-refractivity contribution is 7.89. The predicted molar refractivity (Wildman–Crippen MR) is 104 cm³/mol. The van der Waals surface area contributed by atoms with Gasteiger partial charge in [-0.05, 0) is 50.8 Å². The molecule has 0 unspecified atom stereocenters. The number of carbonyl (C=O) groups excluding carboxylic acids is 1. The molecule has 0 heterocycles. The van der Waals surface area contributed by atoms with Crippen molar-refractivity contribution in [3.05, 3.63) is 59.7 Å². The zero-order valence-corrected chi connectivity index (χ0v) is 16.3. The van der Waals surface area contributed by atoms with E-state index in [2.05, 4.69) is 10.0 Å². The largest absolute Gasteiger partial charge is 0.326 e. The van der Waals surface area contributed by atoms with Crippen molar-refractivity contribution in [1.29, 1.82) is 0 Å². The Balaban J connectivity index is 2.12. The molecule has 0 saturated heterocycles. The molecule has 2 N–H and O–H groups in total. The number of nitrogens with one attached hydrogen (secondary N) is 2. The zero-order valence-electron chi connectivity index (χ0n) is 15.5. The topological polar surface area (TPSA) is 78.5 Å². The van der Waals surface area contributed by atoms with Crippen LogP contribution in [0.15, 0.2) is 53.4 Å². The summed E-state index contributed by atoms with van der Waals surface area (Å²) in [6.45, 7) is 3.67. The molecule has 0 aliphatic heterocycles. The van der Waals surface area contributed by atoms with E-state index in [1.165, 1.54) is 19.1 Å². The van der Waals surface area contributed by atoms with Crippen LogP contribution in [0.4, 0.5) is 5.69 Å². The number of amides is 1. The molecule has 0 aromatic heterocycles. The van der Waals surface area contributed by atoms with Gasteiger partial charge in [0.05, 0.1) is 4.90 Å². The van der Waals surface area contributed by atoms with Gasteiger partial charge in [0, 0.05) is 25.2 Å². The van der Waals surface area contributed by atoms with Gasteiger partial charge in [0.2, 0.25) is 15.9 Å². The van der Waals surface area contributed by atoms with Gasteiger partial charge in [-0.15, -0.1) is 0 Å². The molecule has 0 aliphatic rings. The van der Waals surface area contributed by atoms with Crippen LogP contribution in [0, 0.1) is 6.92 Å². The van der Waals surface area contributed by atoms with Gasteiger partial charge in [0.25, 0.3) is 0 Å². The second-order valence-electron chi connectivity index (χ2n) is 6.45. The first-order valence-electron chi connectivity index (χ1n) is 8.29. The van der Waals surface area contributed by atoms with Crippen LogP contribution in [0.5, 0.6) is 0 Å². The molecule has 2 rings (SSSR count). The van der Waals surface area contributed by atoms with E-state index in [4.69, 9.17) is 0 Å². The Hall–Kier alpha value is -2.22. The third-order valence-corrected chi connectivity index (χ3v) is 5.48. The van der Waals surface area contributed by atoms with Crippen LogP contribution in [0.1, 0.15) is 24.1 Å². The van der Waals surface area contributed by atoms with Gasteiger partial charge in [0.1, 0.15) is 0 Å². The summed E-state index contributed by atoms with van der Waals surface area (Å²) < 4.78 is 27.8. The number of rotatable bonds is 7. The highest BCUT2D eigenvalue weighted by Gasteiger charge is 2.19. The SMILES string of the molecule is CC(=O)Nc1ccc(S(=O)(=O)NC[C@H](c2ccc(C)cc2)N(C)C)cc1. The maximum Gasteiger partial charge on any atom is 0.240 e. The molecular weight excluding hydrogens is 350 g/mol. The Morgan fingerprint density at radius 1 is 1.04 bits per heavy atom. The van der Waals surface area contributed by atoms with Crippen molar-refractivity contribution in [2.24, 2.45) is 0 Å². The number of aryl methyl sites for hydroxylation is 1. The van der Waals surface area contributed by atoms with E-state index in [0.717, 1.165) is 11.1 Å². The molecule has 2 aromatic carbocycles. The second kappa shape index (κ2) is 8.44. The van der Waals surface area contributed by atoms with Crippen molar-refractivity contribution in [2.45, 2.75) is 24.8 Å². The van der Waals surface area contributed by atoms with Crippen molar-refractivity contribution in [1.82, 2.24) is 9.62 Å². The Labute approximate surface area is 155 Å². The Morgan fingerprint density at radius 2 is 1.62 bits per heavy atom. The van der Waals surface area contributed by atoms with Gasteiger partial charge in [-0.2, -0.15) is 0 Å². The van der Waals surface area contributed by atoms with E-state index in [1.807, 2.05) is 50.2 Å². The summed E-state index contributed by atoms with van der Waals surface area (Å²) in [4.78, 5) is 13.2. The van der Waals surface area contributed by atoms with Crippen LogP contribution in [0.3, 0.4) is 0 Å². The number of likely N-dealkylation sites (N-methyl/N-ethyl adjacent to an activating group) is 1. The Kier molecular flexibility index (Phi) is 6.52. The number of benzene rings is 2. The Morgan fingerprint density at radius 3 is 2.12 bits per heavy atom. The monoisotopic (exact) mass is 375 g/mol. The molecule has 140 valence electrons. The number of carbonyl (C=O) groups is 1. The van der Waals surface area contributed by atoms with E-state index in [9.17, 15) is 13.2 Å². The predicted octanol–water partition coefficient (Wildman–Crippen LogP) is 2.53. The maximum atomic E-state index is 12.6. The lowest BCUT2D eigenvalue weighted by molar-refractivity contribution is -0.114. The lowest BCUT2D eigenvalue weighted by Crippen LogP contribution is -2.34. The summed E-state index contributed by atoms with van der Waals surface area (Å²) in [6, 6.07) is 14.1. The number of anilines is 1. The maximum absolute atomic E-state index is 12.6. The summed E-state index contributed by atoms with van der Waals surface area (Å²) in [6.07, 6.45) is 0. The van der Waals surface area contributed by atoms with Crippen molar-refractivity contribution >= 4 is 21.6 Å². The number of nitrogens with zero attached hydrogens (tertiary/aromatic N) is 1. The van der Waals surface area contributed by atoms with Crippen molar-refractivity contribution in [2.75, 3.05) is 26.0 Å². The molecule has 0 saturated carbocycles. The number of hydrogen-bond acceptors (Lipinski definition) is 4. The average Bonchev–Trinajstić information content (AvgIpc) is 2.56. The third-order valence-electron chi connectivity index (χ3n) is 4.04. The van der Waals surface area contributed by atoms with Crippen LogP contribution in [-0.4, -0.2) is 39.9 Å². The van der Waals surface area contributed by atoms with Gasteiger partial charge < -0.3 is 10.2 Å². The molecular formula is C19H25N3O3S. The van der Waals surface area contributed by atoms with Gasteiger partial charge >= 0.3 is 0 Å². The molecule has 7 heteroatoms. The first-order valence-corrected chi connectivity index (χ1v) is 9.77. The molecule has 1 atom stereocenters. The lowest BCUT2D eigenvalue weighted by Gasteiger charge is -2.25. The summed E-state index contributed by atoms with van der Waals surface area (Å²) in [7, 11) is 0.196. The fourth-order valence-electron chi connectivity index (χ4n) is 2.58. The Bertz CT molecular complexity index is 845. The van der Waals surface area contributed by atoms with E-state index >= 15 is 0 Å². The number of sulfonamides is 1. The molecule has 26 heavy (non-hydrogen) atoms. The highest BCUT2D eigenvalue weighted by atomic mass is 32.2.